The number of carbonyl (C=O) groups excluding carboxylic acids is 1. The maximum Gasteiger partial charge on any atom is 0.292 e. The van der Waals surface area contributed by atoms with E-state index in [1.807, 2.05) is 33.7 Å². The van der Waals surface area contributed by atoms with E-state index in [9.17, 15) is 4.79 Å². The summed E-state index contributed by atoms with van der Waals surface area (Å²) in [6, 6.07) is 7.88. The van der Waals surface area contributed by atoms with Crippen molar-refractivity contribution < 1.29 is 9.53 Å². The summed E-state index contributed by atoms with van der Waals surface area (Å²) >= 11 is 0. The molecule has 0 radical (unpaired) electrons. The second-order valence-corrected chi connectivity index (χ2v) is 6.09. The largest absolute Gasteiger partial charge is 0.491 e. The maximum absolute atomic E-state index is 13.0. The van der Waals surface area contributed by atoms with Gasteiger partial charge in [0.2, 0.25) is 5.82 Å². The molecule has 1 aromatic carbocycles. The molecule has 2 aliphatic heterocycles. The molecule has 6 heteroatoms. The highest BCUT2D eigenvalue weighted by Crippen LogP contribution is 2.23. The molecular formula is C17H20N4O2. The van der Waals surface area contributed by atoms with Gasteiger partial charge in [-0.3, -0.25) is 4.79 Å². The number of para-hydroxylation sites is 1. The van der Waals surface area contributed by atoms with Crippen molar-refractivity contribution in [2.75, 3.05) is 13.2 Å². The average molecular weight is 312 g/mol. The van der Waals surface area contributed by atoms with Crippen molar-refractivity contribution in [1.29, 1.82) is 0 Å². The van der Waals surface area contributed by atoms with Crippen LogP contribution in [0.1, 0.15) is 41.3 Å². The predicted octanol–water partition coefficient (Wildman–Crippen LogP) is 2.04. The van der Waals surface area contributed by atoms with Gasteiger partial charge in [0.1, 0.15) is 18.2 Å². The van der Waals surface area contributed by atoms with Gasteiger partial charge in [0.05, 0.1) is 6.54 Å². The standard InChI is InChI=1S/C17H20N4O2/c22-17(16-19-18-15-8-2-1-5-9-21(15)16)20-10-11-23-14-7-4-3-6-13(14)12-20/h3-4,6-7H,1-2,5,8-12H2. The van der Waals surface area contributed by atoms with Crippen LogP contribution in [0, 0.1) is 0 Å². The number of fused-ring (bicyclic) bond motifs is 2. The first-order valence-corrected chi connectivity index (χ1v) is 8.25. The second kappa shape index (κ2) is 6.02. The minimum Gasteiger partial charge on any atom is -0.491 e. The Bertz CT molecular complexity index is 725. The van der Waals surface area contributed by atoms with Gasteiger partial charge in [-0.25, -0.2) is 0 Å². The van der Waals surface area contributed by atoms with Crippen LogP contribution in [0.3, 0.4) is 0 Å². The summed E-state index contributed by atoms with van der Waals surface area (Å²) in [7, 11) is 0. The van der Waals surface area contributed by atoms with E-state index in [1.54, 1.807) is 0 Å². The van der Waals surface area contributed by atoms with Crippen molar-refractivity contribution in [3.8, 4) is 5.75 Å². The first-order valence-electron chi connectivity index (χ1n) is 8.25. The number of carbonyl (C=O) groups is 1. The summed E-state index contributed by atoms with van der Waals surface area (Å²) in [5, 5.41) is 8.42. The van der Waals surface area contributed by atoms with E-state index in [1.165, 1.54) is 6.42 Å². The van der Waals surface area contributed by atoms with E-state index in [4.69, 9.17) is 4.74 Å². The van der Waals surface area contributed by atoms with Gasteiger partial charge < -0.3 is 14.2 Å². The maximum atomic E-state index is 13.0. The van der Waals surface area contributed by atoms with Crippen LogP contribution in [0.25, 0.3) is 0 Å². The number of ether oxygens (including phenoxy) is 1. The molecule has 0 saturated carbocycles. The zero-order chi connectivity index (χ0) is 15.6. The van der Waals surface area contributed by atoms with Crippen LogP contribution < -0.4 is 4.74 Å². The van der Waals surface area contributed by atoms with Crippen molar-refractivity contribution in [3.63, 3.8) is 0 Å². The zero-order valence-electron chi connectivity index (χ0n) is 13.1. The fourth-order valence-corrected chi connectivity index (χ4v) is 3.28. The molecule has 0 aliphatic carbocycles. The lowest BCUT2D eigenvalue weighted by Crippen LogP contribution is -2.34. The number of aryl methyl sites for hydroxylation is 1. The number of amides is 1. The van der Waals surface area contributed by atoms with Crippen LogP contribution in [0.5, 0.6) is 5.75 Å². The highest BCUT2D eigenvalue weighted by Gasteiger charge is 2.26. The highest BCUT2D eigenvalue weighted by molar-refractivity contribution is 5.90. The molecule has 0 bridgehead atoms. The van der Waals surface area contributed by atoms with E-state index in [0.717, 1.165) is 42.9 Å². The highest BCUT2D eigenvalue weighted by atomic mass is 16.5. The Morgan fingerprint density at radius 3 is 2.96 bits per heavy atom. The molecule has 120 valence electrons. The minimum absolute atomic E-state index is 0.0500. The molecule has 2 aromatic rings. The fourth-order valence-electron chi connectivity index (χ4n) is 3.28. The van der Waals surface area contributed by atoms with Crippen LogP contribution in [-0.2, 0) is 19.5 Å². The molecular weight excluding hydrogens is 292 g/mol. The lowest BCUT2D eigenvalue weighted by atomic mass is 10.2. The fraction of sp³-hybridized carbons (Fsp3) is 0.471. The van der Waals surface area contributed by atoms with Gasteiger partial charge in [-0.1, -0.05) is 24.6 Å². The molecule has 23 heavy (non-hydrogen) atoms. The smallest absolute Gasteiger partial charge is 0.292 e. The second-order valence-electron chi connectivity index (χ2n) is 6.09. The van der Waals surface area contributed by atoms with Gasteiger partial charge in [-0.15, -0.1) is 10.2 Å². The summed E-state index contributed by atoms with van der Waals surface area (Å²) in [5.41, 5.74) is 1.04. The number of hydrogen-bond acceptors (Lipinski definition) is 4. The third kappa shape index (κ3) is 2.69. The Balaban J connectivity index is 1.61. The topological polar surface area (TPSA) is 60.2 Å². The Labute approximate surface area is 135 Å². The lowest BCUT2D eigenvalue weighted by Gasteiger charge is -2.19. The van der Waals surface area contributed by atoms with Gasteiger partial charge in [0.25, 0.3) is 5.91 Å². The zero-order valence-corrected chi connectivity index (χ0v) is 13.1. The van der Waals surface area contributed by atoms with Crippen molar-refractivity contribution in [3.05, 3.63) is 41.5 Å². The van der Waals surface area contributed by atoms with E-state index in [2.05, 4.69) is 10.2 Å². The molecule has 6 nitrogen and oxygen atoms in total. The third-order valence-electron chi connectivity index (χ3n) is 4.54. The lowest BCUT2D eigenvalue weighted by molar-refractivity contribution is 0.0715. The summed E-state index contributed by atoms with van der Waals surface area (Å²) in [4.78, 5) is 14.8. The normalized spacial score (nSPS) is 17.5. The summed E-state index contributed by atoms with van der Waals surface area (Å²) in [6.07, 6.45) is 4.29. The molecule has 3 heterocycles. The van der Waals surface area contributed by atoms with E-state index in [0.29, 0.717) is 25.5 Å². The number of rotatable bonds is 1. The van der Waals surface area contributed by atoms with Crippen molar-refractivity contribution >= 4 is 5.91 Å². The summed E-state index contributed by atoms with van der Waals surface area (Å²) < 4.78 is 7.75. The van der Waals surface area contributed by atoms with Crippen LogP contribution in [0.15, 0.2) is 24.3 Å². The van der Waals surface area contributed by atoms with Crippen LogP contribution in [-0.4, -0.2) is 38.7 Å². The van der Waals surface area contributed by atoms with Crippen molar-refractivity contribution in [2.24, 2.45) is 0 Å². The molecule has 0 spiro atoms. The van der Waals surface area contributed by atoms with Gasteiger partial charge in [-0.05, 0) is 18.9 Å². The monoisotopic (exact) mass is 312 g/mol. The number of nitrogens with zero attached hydrogens (tertiary/aromatic N) is 4. The van der Waals surface area contributed by atoms with Gasteiger partial charge in [0, 0.05) is 25.1 Å². The Morgan fingerprint density at radius 1 is 1.09 bits per heavy atom. The molecule has 0 N–H and O–H groups in total. The van der Waals surface area contributed by atoms with E-state index >= 15 is 0 Å². The van der Waals surface area contributed by atoms with Crippen molar-refractivity contribution in [1.82, 2.24) is 19.7 Å². The number of aromatic nitrogens is 3. The van der Waals surface area contributed by atoms with Gasteiger partial charge in [-0.2, -0.15) is 0 Å². The van der Waals surface area contributed by atoms with Crippen LogP contribution >= 0.6 is 0 Å². The van der Waals surface area contributed by atoms with E-state index in [-0.39, 0.29) is 5.91 Å². The van der Waals surface area contributed by atoms with Gasteiger partial charge >= 0.3 is 0 Å². The molecule has 0 atom stereocenters. The SMILES string of the molecule is O=C(c1nnc2n1CCCCC2)N1CCOc2ccccc2C1. The molecule has 0 saturated heterocycles. The molecule has 0 fully saturated rings. The van der Waals surface area contributed by atoms with Crippen LogP contribution in [0.2, 0.25) is 0 Å². The number of benzene rings is 1. The molecule has 1 aromatic heterocycles. The number of hydrogen-bond donors (Lipinski definition) is 0. The molecule has 1 amide bonds. The van der Waals surface area contributed by atoms with Crippen LogP contribution in [0.4, 0.5) is 0 Å². The summed E-state index contributed by atoms with van der Waals surface area (Å²) in [5.74, 6) is 2.23. The quantitative estimate of drug-likeness (QED) is 0.808. The Morgan fingerprint density at radius 2 is 2.00 bits per heavy atom. The Kier molecular flexibility index (Phi) is 3.73. The molecule has 4 rings (SSSR count). The summed E-state index contributed by atoms with van der Waals surface area (Å²) in [6.45, 7) is 2.46. The third-order valence-corrected chi connectivity index (χ3v) is 4.54. The Hall–Kier alpha value is -2.37. The van der Waals surface area contributed by atoms with E-state index < -0.39 is 0 Å². The first-order chi connectivity index (χ1) is 11.3. The molecule has 2 aliphatic rings. The molecule has 0 unspecified atom stereocenters. The van der Waals surface area contributed by atoms with Crippen molar-refractivity contribution in [2.45, 2.75) is 38.8 Å². The first kappa shape index (κ1) is 14.2. The average Bonchev–Trinajstić information content (AvgIpc) is 2.76. The predicted molar refractivity (Wildman–Crippen MR) is 84.3 cm³/mol. The minimum atomic E-state index is -0.0500. The van der Waals surface area contributed by atoms with Gasteiger partial charge in [0.15, 0.2) is 0 Å².